The van der Waals surface area contributed by atoms with Crippen molar-refractivity contribution in [2.75, 3.05) is 12.5 Å². The van der Waals surface area contributed by atoms with E-state index in [1.807, 2.05) is 0 Å². The maximum Gasteiger partial charge on any atom is 0.321 e. The van der Waals surface area contributed by atoms with E-state index in [1.165, 1.54) is 20.8 Å². The summed E-state index contributed by atoms with van der Waals surface area (Å²) in [5, 5.41) is 0. The summed E-state index contributed by atoms with van der Waals surface area (Å²) in [4.78, 5) is 47.5. The van der Waals surface area contributed by atoms with Gasteiger partial charge >= 0.3 is 23.9 Å². The maximum atomic E-state index is 12.1. The van der Waals surface area contributed by atoms with E-state index in [-0.39, 0.29) is 6.61 Å². The molecule has 4 fully saturated rings. The number of rotatable bonds is 8. The quantitative estimate of drug-likeness (QED) is 0.212. The highest BCUT2D eigenvalue weighted by Gasteiger charge is 2.62. The number of ether oxygens (including phenoxy) is 11. The third-order valence-electron chi connectivity index (χ3n) is 6.46. The number of esters is 4. The molecule has 0 saturated carbocycles. The van der Waals surface area contributed by atoms with Crippen LogP contribution >= 0.6 is 11.6 Å². The van der Waals surface area contributed by atoms with E-state index in [2.05, 4.69) is 0 Å². The Morgan fingerprint density at radius 3 is 2.05 bits per heavy atom. The Morgan fingerprint density at radius 2 is 1.43 bits per heavy atom. The lowest BCUT2D eigenvalue weighted by Gasteiger charge is -2.43. The van der Waals surface area contributed by atoms with Crippen LogP contribution in [0, 0.1) is 0 Å². The molecule has 0 amide bonds. The first-order valence-corrected chi connectivity index (χ1v) is 13.2. The summed E-state index contributed by atoms with van der Waals surface area (Å²) in [5.74, 6) is -5.03. The van der Waals surface area contributed by atoms with E-state index in [1.54, 1.807) is 13.8 Å². The van der Waals surface area contributed by atoms with Crippen molar-refractivity contribution in [3.63, 3.8) is 0 Å². The number of hydrogen-bond donors (Lipinski definition) is 0. The topological polar surface area (TPSA) is 170 Å². The molecule has 4 aliphatic heterocycles. The molecule has 226 valence electrons. The first kappa shape index (κ1) is 30.8. The van der Waals surface area contributed by atoms with Gasteiger partial charge in [-0.25, -0.2) is 0 Å². The zero-order chi connectivity index (χ0) is 29.4. The van der Waals surface area contributed by atoms with Crippen LogP contribution in [0.5, 0.6) is 0 Å². The van der Waals surface area contributed by atoms with Crippen molar-refractivity contribution in [3.05, 3.63) is 0 Å². The number of halogens is 1. The Kier molecular flexibility index (Phi) is 9.56. The van der Waals surface area contributed by atoms with E-state index >= 15 is 0 Å². The van der Waals surface area contributed by atoms with Crippen LogP contribution < -0.4 is 0 Å². The smallest absolute Gasteiger partial charge is 0.321 e. The Hall–Kier alpha value is -2.11. The number of alkyl halides is 1. The standard InChI is InChI=1S/C24H33ClO15/c1-9-16(37-15(29)7-25)19(20-22(31-9)35-13(5)34-20)38-24(6)39-21-18(33-12(4)28)17(32-11(3)27)14(8-30-10(2)26)36-23(21)40-24/h9,13-14,16-23H,7-8H2,1-6H3/t9-,13?,14+,16-,17+,18-,19+,20+,21+,22+,23+,24?/m0/s1. The zero-order valence-corrected chi connectivity index (χ0v) is 23.5. The lowest BCUT2D eigenvalue weighted by atomic mass is 9.98. The van der Waals surface area contributed by atoms with E-state index in [0.29, 0.717) is 0 Å². The van der Waals surface area contributed by atoms with Crippen LogP contribution in [0.2, 0.25) is 0 Å². The summed E-state index contributed by atoms with van der Waals surface area (Å²) in [6.45, 7) is 7.94. The van der Waals surface area contributed by atoms with Crippen LogP contribution in [-0.2, 0) is 71.3 Å². The Balaban J connectivity index is 1.61. The molecular formula is C24H33ClO15. The van der Waals surface area contributed by atoms with Crippen LogP contribution in [-0.4, -0.2) is 110 Å². The minimum absolute atomic E-state index is 0.337. The van der Waals surface area contributed by atoms with Crippen LogP contribution in [0.1, 0.15) is 41.5 Å². The molecule has 0 radical (unpaired) electrons. The van der Waals surface area contributed by atoms with Crippen LogP contribution in [0.15, 0.2) is 0 Å². The van der Waals surface area contributed by atoms with Crippen molar-refractivity contribution in [1.29, 1.82) is 0 Å². The Labute approximate surface area is 234 Å². The van der Waals surface area contributed by atoms with Crippen molar-refractivity contribution in [1.82, 2.24) is 0 Å². The van der Waals surface area contributed by atoms with Crippen LogP contribution in [0.3, 0.4) is 0 Å². The summed E-state index contributed by atoms with van der Waals surface area (Å²) in [6.07, 6.45) is -11.0. The normalized spacial score (nSPS) is 42.3. The predicted molar refractivity (Wildman–Crippen MR) is 126 cm³/mol. The van der Waals surface area contributed by atoms with Gasteiger partial charge in [0.05, 0.1) is 6.10 Å². The highest BCUT2D eigenvalue weighted by Crippen LogP contribution is 2.43. The lowest BCUT2D eigenvalue weighted by molar-refractivity contribution is -0.388. The molecule has 0 bridgehead atoms. The molecule has 0 N–H and O–H groups in total. The van der Waals surface area contributed by atoms with E-state index in [0.717, 1.165) is 6.92 Å². The van der Waals surface area contributed by atoms with Gasteiger partial charge in [-0.15, -0.1) is 11.6 Å². The molecular weight excluding hydrogens is 564 g/mol. The summed E-state index contributed by atoms with van der Waals surface area (Å²) in [6, 6.07) is 0. The van der Waals surface area contributed by atoms with E-state index in [4.69, 9.17) is 63.7 Å². The second kappa shape index (κ2) is 12.4. The second-order valence-corrected chi connectivity index (χ2v) is 10.0. The van der Waals surface area contributed by atoms with Gasteiger partial charge in [0.15, 0.2) is 43.3 Å². The molecule has 0 aromatic carbocycles. The highest BCUT2D eigenvalue weighted by molar-refractivity contribution is 6.26. The molecule has 15 nitrogen and oxygen atoms in total. The summed E-state index contributed by atoms with van der Waals surface area (Å²) in [7, 11) is 0. The lowest BCUT2D eigenvalue weighted by Crippen LogP contribution is -2.60. The van der Waals surface area contributed by atoms with Crippen molar-refractivity contribution >= 4 is 35.5 Å². The van der Waals surface area contributed by atoms with Crippen molar-refractivity contribution < 1.29 is 71.3 Å². The van der Waals surface area contributed by atoms with Gasteiger partial charge in [0.2, 0.25) is 0 Å². The van der Waals surface area contributed by atoms with Gasteiger partial charge in [0.25, 0.3) is 5.97 Å². The van der Waals surface area contributed by atoms with Gasteiger partial charge in [-0.1, -0.05) is 0 Å². The highest BCUT2D eigenvalue weighted by atomic mass is 35.5. The molecule has 0 aromatic rings. The SMILES string of the molecule is CC(=O)OC[C@H]1O[C@@H]2OC(C)(O[C@@H]3[C@@H](OC(=O)CCl)[C@H](C)O[C@@H]4OC(C)O[C@@H]43)O[C@@H]2[C@@H](OC(C)=O)[C@@H]1OC(C)=O. The van der Waals surface area contributed by atoms with Gasteiger partial charge in [-0.2, -0.15) is 0 Å². The fourth-order valence-corrected chi connectivity index (χ4v) is 5.09. The molecule has 0 aromatic heterocycles. The fraction of sp³-hybridized carbons (Fsp3) is 0.833. The molecule has 4 saturated heterocycles. The number of carbonyl (C=O) groups is 4. The predicted octanol–water partition coefficient (Wildman–Crippen LogP) is 0.269. The Bertz CT molecular complexity index is 978. The number of carbonyl (C=O) groups excluding carboxylic acids is 4. The molecule has 0 spiro atoms. The minimum atomic E-state index is -1.89. The van der Waals surface area contributed by atoms with Crippen LogP contribution in [0.4, 0.5) is 0 Å². The zero-order valence-electron chi connectivity index (χ0n) is 22.8. The first-order chi connectivity index (χ1) is 18.8. The van der Waals surface area contributed by atoms with Gasteiger partial charge in [-0.05, 0) is 13.8 Å². The van der Waals surface area contributed by atoms with Gasteiger partial charge in [0.1, 0.15) is 30.8 Å². The van der Waals surface area contributed by atoms with Crippen molar-refractivity contribution in [2.45, 2.75) is 115 Å². The average molecular weight is 597 g/mol. The molecule has 4 rings (SSSR count). The first-order valence-electron chi connectivity index (χ1n) is 12.7. The molecule has 16 heteroatoms. The molecule has 0 aliphatic carbocycles. The molecule has 4 heterocycles. The van der Waals surface area contributed by atoms with Crippen molar-refractivity contribution in [3.8, 4) is 0 Å². The fourth-order valence-electron chi connectivity index (χ4n) is 5.03. The molecule has 12 atom stereocenters. The average Bonchev–Trinajstić information content (AvgIpc) is 3.39. The Morgan fingerprint density at radius 1 is 0.750 bits per heavy atom. The molecule has 4 aliphatic rings. The van der Waals surface area contributed by atoms with Crippen LogP contribution in [0.25, 0.3) is 0 Å². The third-order valence-corrected chi connectivity index (χ3v) is 6.67. The number of hydrogen-bond acceptors (Lipinski definition) is 15. The van der Waals surface area contributed by atoms with Gasteiger partial charge < -0.3 is 47.4 Å². The second-order valence-electron chi connectivity index (χ2n) is 9.74. The van der Waals surface area contributed by atoms with E-state index < -0.39 is 103 Å². The largest absolute Gasteiger partial charge is 0.463 e. The minimum Gasteiger partial charge on any atom is -0.463 e. The summed E-state index contributed by atoms with van der Waals surface area (Å²) >= 11 is 5.66. The van der Waals surface area contributed by atoms with E-state index in [9.17, 15) is 19.2 Å². The van der Waals surface area contributed by atoms with Gasteiger partial charge in [0, 0.05) is 27.7 Å². The monoisotopic (exact) mass is 596 g/mol. The maximum absolute atomic E-state index is 12.1. The van der Waals surface area contributed by atoms with Crippen molar-refractivity contribution in [2.24, 2.45) is 0 Å². The third kappa shape index (κ3) is 6.85. The summed E-state index contributed by atoms with van der Waals surface area (Å²) in [5.41, 5.74) is 0. The van der Waals surface area contributed by atoms with Gasteiger partial charge in [-0.3, -0.25) is 23.9 Å². The number of fused-ring (bicyclic) bond motifs is 2. The molecule has 2 unspecified atom stereocenters. The summed E-state index contributed by atoms with van der Waals surface area (Å²) < 4.78 is 63.1. The molecule has 40 heavy (non-hydrogen) atoms.